The molecule has 0 aromatic carbocycles. The summed E-state index contributed by atoms with van der Waals surface area (Å²) in [7, 11) is 0. The number of pyridine rings is 1. The highest BCUT2D eigenvalue weighted by atomic mass is 19.4. The van der Waals surface area contributed by atoms with Gasteiger partial charge in [0.05, 0.1) is 18.8 Å². The average Bonchev–Trinajstić information content (AvgIpc) is 2.61. The van der Waals surface area contributed by atoms with Crippen LogP contribution in [0.1, 0.15) is 25.7 Å². The molecule has 1 unspecified atom stereocenters. The summed E-state index contributed by atoms with van der Waals surface area (Å²) in [5.74, 6) is -4.43. The van der Waals surface area contributed by atoms with Crippen molar-refractivity contribution in [3.05, 3.63) is 18.3 Å². The van der Waals surface area contributed by atoms with E-state index >= 15 is 0 Å². The molecule has 0 radical (unpaired) electrons. The van der Waals surface area contributed by atoms with Gasteiger partial charge in [-0.2, -0.15) is 0 Å². The Morgan fingerprint density at radius 3 is 2.62 bits per heavy atom. The maximum Gasteiger partial charge on any atom is 0.573 e. The van der Waals surface area contributed by atoms with Gasteiger partial charge in [0.25, 0.3) is 5.92 Å². The van der Waals surface area contributed by atoms with Crippen LogP contribution in [0.3, 0.4) is 0 Å². The second kappa shape index (κ2) is 7.99. The monoisotopic (exact) mass is 423 g/mol. The molecule has 0 aliphatic carbocycles. The number of aromatic nitrogens is 1. The number of nitrogens with zero attached hydrogens (tertiary/aromatic N) is 3. The highest BCUT2D eigenvalue weighted by molar-refractivity contribution is 5.77. The Morgan fingerprint density at radius 2 is 2.00 bits per heavy atom. The van der Waals surface area contributed by atoms with Crippen molar-refractivity contribution in [2.24, 2.45) is 0 Å². The highest BCUT2D eigenvalue weighted by Crippen LogP contribution is 2.31. The van der Waals surface area contributed by atoms with Crippen LogP contribution in [0.25, 0.3) is 0 Å². The van der Waals surface area contributed by atoms with Gasteiger partial charge in [-0.25, -0.2) is 18.6 Å². The topological polar surface area (TPSA) is 72.0 Å². The molecule has 1 atom stereocenters. The normalized spacial score (nSPS) is 22.4. The van der Waals surface area contributed by atoms with Crippen LogP contribution in [-0.2, 0) is 4.79 Å². The zero-order valence-corrected chi connectivity index (χ0v) is 15.1. The summed E-state index contributed by atoms with van der Waals surface area (Å²) in [5, 5.41) is 0. The minimum absolute atomic E-state index is 0.130. The molecule has 3 heterocycles. The van der Waals surface area contributed by atoms with Crippen LogP contribution in [0.5, 0.6) is 11.6 Å². The third-order valence-electron chi connectivity index (χ3n) is 4.58. The van der Waals surface area contributed by atoms with Crippen molar-refractivity contribution in [1.29, 1.82) is 0 Å². The van der Waals surface area contributed by atoms with Gasteiger partial charge in [0.1, 0.15) is 5.75 Å². The van der Waals surface area contributed by atoms with Crippen molar-refractivity contribution in [3.63, 3.8) is 0 Å². The number of piperidine rings is 2. The predicted octanol–water partition coefficient (Wildman–Crippen LogP) is 3.20. The molecule has 2 saturated heterocycles. The lowest BCUT2D eigenvalue weighted by Gasteiger charge is -2.43. The zero-order valence-electron chi connectivity index (χ0n) is 15.1. The van der Waals surface area contributed by atoms with E-state index in [1.807, 2.05) is 0 Å². The molecule has 29 heavy (non-hydrogen) atoms. The molecular formula is C17H18F5N3O4. The van der Waals surface area contributed by atoms with Crippen LogP contribution in [-0.4, -0.2) is 64.7 Å². The van der Waals surface area contributed by atoms with Gasteiger partial charge in [-0.05, 0) is 18.9 Å². The summed E-state index contributed by atoms with van der Waals surface area (Å²) in [6.07, 6.45) is -4.21. The molecule has 2 aliphatic rings. The number of likely N-dealkylation sites (tertiary alicyclic amines) is 2. The second-order valence-electron chi connectivity index (χ2n) is 6.89. The number of rotatable bonds is 3. The zero-order chi connectivity index (χ0) is 21.2. The summed E-state index contributed by atoms with van der Waals surface area (Å²) in [6.45, 7) is -0.667. The highest BCUT2D eigenvalue weighted by Gasteiger charge is 2.45. The van der Waals surface area contributed by atoms with Crippen LogP contribution >= 0.6 is 0 Å². The third-order valence-corrected chi connectivity index (χ3v) is 4.58. The summed E-state index contributed by atoms with van der Waals surface area (Å²) in [6, 6.07) is 0.991. The standard InChI is InChI=1S/C17H18F5N3O4/c18-16(19)7-11(25-6-2-1-3-14(25)26)9-24(10-16)15(27)28-13-5-4-12(8-23-13)29-17(20,21)22/h4-5,8,11H,1-3,6-7,9-10H2. The lowest BCUT2D eigenvalue weighted by atomic mass is 9.98. The van der Waals surface area contributed by atoms with Crippen molar-refractivity contribution >= 4 is 12.0 Å². The van der Waals surface area contributed by atoms with E-state index in [1.165, 1.54) is 4.90 Å². The molecule has 1 aromatic heterocycles. The van der Waals surface area contributed by atoms with Gasteiger partial charge in [-0.15, -0.1) is 13.2 Å². The molecule has 7 nitrogen and oxygen atoms in total. The number of amides is 2. The molecule has 2 aliphatic heterocycles. The number of ether oxygens (including phenoxy) is 2. The first-order valence-electron chi connectivity index (χ1n) is 8.88. The Bertz CT molecular complexity index is 756. The Hall–Kier alpha value is -2.66. The lowest BCUT2D eigenvalue weighted by Crippen LogP contribution is -2.59. The Morgan fingerprint density at radius 1 is 1.24 bits per heavy atom. The predicted molar refractivity (Wildman–Crippen MR) is 87.4 cm³/mol. The van der Waals surface area contributed by atoms with Crippen molar-refractivity contribution in [2.45, 2.75) is 44.0 Å². The second-order valence-corrected chi connectivity index (χ2v) is 6.89. The Kier molecular flexibility index (Phi) is 5.80. The quantitative estimate of drug-likeness (QED) is 0.699. The van der Waals surface area contributed by atoms with Crippen molar-refractivity contribution in [3.8, 4) is 11.6 Å². The fourth-order valence-corrected chi connectivity index (χ4v) is 3.41. The molecule has 1 aromatic rings. The van der Waals surface area contributed by atoms with Gasteiger partial charge < -0.3 is 14.4 Å². The summed E-state index contributed by atoms with van der Waals surface area (Å²) >= 11 is 0. The molecule has 0 N–H and O–H groups in total. The third kappa shape index (κ3) is 5.67. The summed E-state index contributed by atoms with van der Waals surface area (Å²) in [4.78, 5) is 30.0. The molecule has 12 heteroatoms. The van der Waals surface area contributed by atoms with Crippen LogP contribution < -0.4 is 9.47 Å². The van der Waals surface area contributed by atoms with Crippen LogP contribution in [0.2, 0.25) is 0 Å². The molecular weight excluding hydrogens is 405 g/mol. The van der Waals surface area contributed by atoms with Crippen molar-refractivity contribution in [1.82, 2.24) is 14.8 Å². The van der Waals surface area contributed by atoms with Gasteiger partial charge in [-0.3, -0.25) is 9.69 Å². The van der Waals surface area contributed by atoms with E-state index < -0.39 is 43.1 Å². The first-order valence-corrected chi connectivity index (χ1v) is 8.88. The maximum atomic E-state index is 14.2. The van der Waals surface area contributed by atoms with Gasteiger partial charge in [0, 0.05) is 32.0 Å². The van der Waals surface area contributed by atoms with Crippen LogP contribution in [0.15, 0.2) is 18.3 Å². The van der Waals surface area contributed by atoms with Crippen LogP contribution in [0.4, 0.5) is 26.7 Å². The first-order chi connectivity index (χ1) is 13.5. The fourth-order valence-electron chi connectivity index (χ4n) is 3.41. The van der Waals surface area contributed by atoms with E-state index in [9.17, 15) is 31.5 Å². The van der Waals surface area contributed by atoms with Crippen LogP contribution in [0, 0.1) is 0 Å². The minimum atomic E-state index is -4.90. The maximum absolute atomic E-state index is 14.2. The number of alkyl halides is 5. The fraction of sp³-hybridized carbons (Fsp3) is 0.588. The molecule has 0 spiro atoms. The Labute approximate surface area is 162 Å². The first kappa shape index (κ1) is 21.1. The average molecular weight is 423 g/mol. The molecule has 3 rings (SSSR count). The smallest absolute Gasteiger partial charge is 0.404 e. The minimum Gasteiger partial charge on any atom is -0.404 e. The van der Waals surface area contributed by atoms with E-state index in [-0.39, 0.29) is 24.8 Å². The number of carbonyl (C=O) groups is 2. The molecule has 160 valence electrons. The number of hydrogen-bond donors (Lipinski definition) is 0. The molecule has 0 bridgehead atoms. The number of hydrogen-bond acceptors (Lipinski definition) is 5. The molecule has 0 saturated carbocycles. The number of halogens is 5. The van der Waals surface area contributed by atoms with Gasteiger partial charge >= 0.3 is 12.5 Å². The molecule has 2 amide bonds. The van der Waals surface area contributed by atoms with E-state index in [1.54, 1.807) is 0 Å². The van der Waals surface area contributed by atoms with Crippen molar-refractivity contribution < 1.29 is 41.0 Å². The van der Waals surface area contributed by atoms with E-state index in [2.05, 4.69) is 9.72 Å². The number of carbonyl (C=O) groups excluding carboxylic acids is 2. The van der Waals surface area contributed by atoms with E-state index in [0.29, 0.717) is 25.6 Å². The van der Waals surface area contributed by atoms with Gasteiger partial charge in [-0.1, -0.05) is 0 Å². The molecule has 2 fully saturated rings. The lowest BCUT2D eigenvalue weighted by molar-refractivity contribution is -0.274. The Balaban J connectivity index is 1.65. The van der Waals surface area contributed by atoms with E-state index in [4.69, 9.17) is 4.74 Å². The van der Waals surface area contributed by atoms with Gasteiger partial charge in [0.2, 0.25) is 11.8 Å². The van der Waals surface area contributed by atoms with E-state index in [0.717, 1.165) is 17.0 Å². The summed E-state index contributed by atoms with van der Waals surface area (Å²) < 4.78 is 73.3. The van der Waals surface area contributed by atoms with Gasteiger partial charge in [0.15, 0.2) is 0 Å². The summed E-state index contributed by atoms with van der Waals surface area (Å²) in [5.41, 5.74) is 0. The largest absolute Gasteiger partial charge is 0.573 e. The van der Waals surface area contributed by atoms with Crippen molar-refractivity contribution in [2.75, 3.05) is 19.6 Å². The SMILES string of the molecule is O=C(Oc1ccc(OC(F)(F)F)cn1)N1CC(N2CCCCC2=O)CC(F)(F)C1.